The molecule has 0 aliphatic heterocycles. The van der Waals surface area contributed by atoms with Gasteiger partial charge < -0.3 is 10.1 Å². The number of methoxy groups -OCH3 is 1. The van der Waals surface area contributed by atoms with E-state index in [9.17, 15) is 4.39 Å². The molecule has 0 aliphatic rings. The third-order valence-electron chi connectivity index (χ3n) is 3.52. The number of nitrogens with one attached hydrogen (secondary N) is 1. The van der Waals surface area contributed by atoms with E-state index in [0.717, 1.165) is 22.4 Å². The first kappa shape index (κ1) is 14.5. The van der Waals surface area contributed by atoms with Gasteiger partial charge in [-0.15, -0.1) is 0 Å². The van der Waals surface area contributed by atoms with Crippen LogP contribution in [0.15, 0.2) is 36.4 Å². The molecule has 0 fully saturated rings. The van der Waals surface area contributed by atoms with Crippen molar-refractivity contribution in [3.05, 3.63) is 64.5 Å². The maximum atomic E-state index is 13.8. The molecule has 20 heavy (non-hydrogen) atoms. The van der Waals surface area contributed by atoms with E-state index >= 15 is 0 Å². The molecule has 3 heteroatoms. The van der Waals surface area contributed by atoms with Crippen LogP contribution in [0, 0.1) is 19.7 Å². The van der Waals surface area contributed by atoms with Crippen LogP contribution in [-0.2, 0) is 0 Å². The van der Waals surface area contributed by atoms with Gasteiger partial charge in [0.2, 0.25) is 0 Å². The highest BCUT2D eigenvalue weighted by Crippen LogP contribution is 2.31. The van der Waals surface area contributed by atoms with Crippen LogP contribution in [0.1, 0.15) is 28.3 Å². The molecule has 1 atom stereocenters. The number of hydrogen-bond acceptors (Lipinski definition) is 2. The van der Waals surface area contributed by atoms with Gasteiger partial charge in [-0.2, -0.15) is 0 Å². The number of rotatable bonds is 4. The Balaban J connectivity index is 2.49. The van der Waals surface area contributed by atoms with Crippen molar-refractivity contribution < 1.29 is 9.13 Å². The Labute approximate surface area is 119 Å². The van der Waals surface area contributed by atoms with Crippen LogP contribution in [0.25, 0.3) is 0 Å². The van der Waals surface area contributed by atoms with Gasteiger partial charge in [0, 0.05) is 5.56 Å². The van der Waals surface area contributed by atoms with Gasteiger partial charge in [0.15, 0.2) is 0 Å². The predicted molar refractivity (Wildman–Crippen MR) is 79.8 cm³/mol. The van der Waals surface area contributed by atoms with Crippen LogP contribution in [0.4, 0.5) is 4.39 Å². The van der Waals surface area contributed by atoms with Crippen molar-refractivity contribution in [3.8, 4) is 5.75 Å². The molecule has 0 saturated carbocycles. The molecule has 0 bridgehead atoms. The van der Waals surface area contributed by atoms with Crippen LogP contribution in [0.3, 0.4) is 0 Å². The van der Waals surface area contributed by atoms with Gasteiger partial charge in [-0.1, -0.05) is 24.3 Å². The topological polar surface area (TPSA) is 21.3 Å². The molecular formula is C17H20FNO. The van der Waals surface area contributed by atoms with E-state index < -0.39 is 0 Å². The standard InChI is InChI=1S/C17H20FNO/c1-11-5-8-14(16(9-11)20-4)17(19-3)13-7-6-12(2)15(18)10-13/h5-10,17,19H,1-4H3. The molecule has 0 aromatic heterocycles. The Morgan fingerprint density at radius 1 is 1.10 bits per heavy atom. The molecule has 0 radical (unpaired) electrons. The smallest absolute Gasteiger partial charge is 0.126 e. The lowest BCUT2D eigenvalue weighted by Gasteiger charge is -2.20. The molecule has 0 spiro atoms. The fraction of sp³-hybridized carbons (Fsp3) is 0.294. The number of halogens is 1. The van der Waals surface area contributed by atoms with E-state index in [0.29, 0.717) is 5.56 Å². The lowest BCUT2D eigenvalue weighted by atomic mass is 9.96. The van der Waals surface area contributed by atoms with Gasteiger partial charge in [0.1, 0.15) is 11.6 Å². The molecule has 0 amide bonds. The second-order valence-electron chi connectivity index (χ2n) is 4.98. The molecule has 2 rings (SSSR count). The van der Waals surface area contributed by atoms with Crippen LogP contribution in [-0.4, -0.2) is 14.2 Å². The molecular weight excluding hydrogens is 253 g/mol. The minimum absolute atomic E-state index is 0.0966. The van der Waals surface area contributed by atoms with Gasteiger partial charge in [-0.05, 0) is 49.7 Å². The zero-order valence-corrected chi connectivity index (χ0v) is 12.3. The van der Waals surface area contributed by atoms with Crippen LogP contribution >= 0.6 is 0 Å². The van der Waals surface area contributed by atoms with E-state index in [4.69, 9.17) is 4.74 Å². The summed E-state index contributed by atoms with van der Waals surface area (Å²) >= 11 is 0. The lowest BCUT2D eigenvalue weighted by Crippen LogP contribution is -2.18. The SMILES string of the molecule is CNC(c1ccc(C)c(F)c1)c1ccc(C)cc1OC. The predicted octanol–water partition coefficient (Wildman–Crippen LogP) is 3.76. The van der Waals surface area contributed by atoms with Crippen molar-refractivity contribution in [3.63, 3.8) is 0 Å². The summed E-state index contributed by atoms with van der Waals surface area (Å²) in [7, 11) is 3.52. The molecule has 0 saturated heterocycles. The summed E-state index contributed by atoms with van der Waals surface area (Å²) in [5.41, 5.74) is 3.68. The Kier molecular flexibility index (Phi) is 4.40. The molecule has 1 N–H and O–H groups in total. The van der Waals surface area contributed by atoms with Crippen molar-refractivity contribution in [2.75, 3.05) is 14.2 Å². The molecule has 1 unspecified atom stereocenters. The maximum absolute atomic E-state index is 13.8. The van der Waals surface area contributed by atoms with Crippen molar-refractivity contribution in [1.82, 2.24) is 5.32 Å². The van der Waals surface area contributed by atoms with E-state index in [1.165, 1.54) is 0 Å². The average molecular weight is 273 g/mol. The third-order valence-corrected chi connectivity index (χ3v) is 3.52. The van der Waals surface area contributed by atoms with Crippen molar-refractivity contribution >= 4 is 0 Å². The highest BCUT2D eigenvalue weighted by Gasteiger charge is 2.17. The fourth-order valence-electron chi connectivity index (χ4n) is 2.35. The minimum atomic E-state index is -0.186. The monoisotopic (exact) mass is 273 g/mol. The highest BCUT2D eigenvalue weighted by atomic mass is 19.1. The summed E-state index contributed by atoms with van der Waals surface area (Å²) in [6.45, 7) is 3.78. The largest absolute Gasteiger partial charge is 0.496 e. The molecule has 106 valence electrons. The quantitative estimate of drug-likeness (QED) is 0.915. The Morgan fingerprint density at radius 3 is 2.45 bits per heavy atom. The molecule has 2 nitrogen and oxygen atoms in total. The van der Waals surface area contributed by atoms with Crippen LogP contribution in [0.5, 0.6) is 5.75 Å². The first-order chi connectivity index (χ1) is 9.56. The van der Waals surface area contributed by atoms with E-state index in [2.05, 4.69) is 5.32 Å². The van der Waals surface area contributed by atoms with Gasteiger partial charge in [0.25, 0.3) is 0 Å². The van der Waals surface area contributed by atoms with Gasteiger partial charge in [0.05, 0.1) is 13.2 Å². The second-order valence-corrected chi connectivity index (χ2v) is 4.98. The molecule has 0 aliphatic carbocycles. The van der Waals surface area contributed by atoms with Gasteiger partial charge >= 0.3 is 0 Å². The third kappa shape index (κ3) is 2.83. The first-order valence-electron chi connectivity index (χ1n) is 6.64. The minimum Gasteiger partial charge on any atom is -0.496 e. The second kappa shape index (κ2) is 6.06. The number of aryl methyl sites for hydroxylation is 2. The Bertz CT molecular complexity index is 610. The molecule has 2 aromatic carbocycles. The van der Waals surface area contributed by atoms with E-state index in [-0.39, 0.29) is 11.9 Å². The summed E-state index contributed by atoms with van der Waals surface area (Å²) in [6.07, 6.45) is 0. The normalized spacial score (nSPS) is 12.2. The zero-order valence-electron chi connectivity index (χ0n) is 12.3. The summed E-state index contributed by atoms with van der Waals surface area (Å²) in [5, 5.41) is 3.23. The van der Waals surface area contributed by atoms with Gasteiger partial charge in [-0.25, -0.2) is 4.39 Å². The first-order valence-corrected chi connectivity index (χ1v) is 6.64. The fourth-order valence-corrected chi connectivity index (χ4v) is 2.35. The number of ether oxygens (including phenoxy) is 1. The summed E-state index contributed by atoms with van der Waals surface area (Å²) in [5.74, 6) is 0.624. The van der Waals surface area contributed by atoms with Crippen LogP contribution in [0.2, 0.25) is 0 Å². The summed E-state index contributed by atoms with van der Waals surface area (Å²) in [6, 6.07) is 11.3. The summed E-state index contributed by atoms with van der Waals surface area (Å²) in [4.78, 5) is 0. The van der Waals surface area contributed by atoms with E-state index in [1.807, 2.05) is 38.2 Å². The number of benzene rings is 2. The van der Waals surface area contributed by atoms with Crippen molar-refractivity contribution in [2.24, 2.45) is 0 Å². The number of hydrogen-bond donors (Lipinski definition) is 1. The van der Waals surface area contributed by atoms with Crippen molar-refractivity contribution in [1.29, 1.82) is 0 Å². The Morgan fingerprint density at radius 2 is 1.85 bits per heavy atom. The van der Waals surface area contributed by atoms with Gasteiger partial charge in [-0.3, -0.25) is 0 Å². The maximum Gasteiger partial charge on any atom is 0.126 e. The van der Waals surface area contributed by atoms with Crippen LogP contribution < -0.4 is 10.1 Å². The average Bonchev–Trinajstić information content (AvgIpc) is 2.44. The van der Waals surface area contributed by atoms with E-state index in [1.54, 1.807) is 26.2 Å². The lowest BCUT2D eigenvalue weighted by molar-refractivity contribution is 0.405. The summed E-state index contributed by atoms with van der Waals surface area (Å²) < 4.78 is 19.2. The molecule has 2 aromatic rings. The Hall–Kier alpha value is -1.87. The van der Waals surface area contributed by atoms with Crippen molar-refractivity contribution in [2.45, 2.75) is 19.9 Å². The molecule has 0 heterocycles. The zero-order chi connectivity index (χ0) is 14.7. The highest BCUT2D eigenvalue weighted by molar-refractivity contribution is 5.44.